The Morgan fingerprint density at radius 2 is 2.28 bits per heavy atom. The van der Waals surface area contributed by atoms with Gasteiger partial charge in [0.05, 0.1) is 5.69 Å². The molecule has 0 fully saturated rings. The molecule has 0 aliphatic carbocycles. The first-order valence-electron chi connectivity index (χ1n) is 5.69. The Morgan fingerprint density at radius 1 is 1.50 bits per heavy atom. The predicted molar refractivity (Wildman–Crippen MR) is 66.1 cm³/mol. The van der Waals surface area contributed by atoms with E-state index in [-0.39, 0.29) is 17.9 Å². The van der Waals surface area contributed by atoms with E-state index in [1.807, 2.05) is 20.8 Å². The molecule has 0 saturated heterocycles. The zero-order valence-corrected chi connectivity index (χ0v) is 10.7. The standard InChI is InChI=1S/C12H16N4O2/c1-12(2,3)9-7-11(18-15-9)14-10(17)8-16-6-4-5-13-16/h4-7H,8H2,1-3H3,(H,14,17). The van der Waals surface area contributed by atoms with Gasteiger partial charge in [0.2, 0.25) is 11.8 Å². The van der Waals surface area contributed by atoms with Crippen LogP contribution >= 0.6 is 0 Å². The average molecular weight is 248 g/mol. The van der Waals surface area contributed by atoms with Crippen molar-refractivity contribution in [2.75, 3.05) is 5.32 Å². The Kier molecular flexibility index (Phi) is 3.18. The highest BCUT2D eigenvalue weighted by molar-refractivity contribution is 5.89. The molecule has 2 rings (SSSR count). The van der Waals surface area contributed by atoms with Crippen LogP contribution in [-0.2, 0) is 16.8 Å². The van der Waals surface area contributed by atoms with Crippen molar-refractivity contribution in [3.63, 3.8) is 0 Å². The van der Waals surface area contributed by atoms with Crippen LogP contribution in [0.15, 0.2) is 29.0 Å². The number of carbonyl (C=O) groups excluding carboxylic acids is 1. The third-order valence-electron chi connectivity index (χ3n) is 2.41. The molecule has 0 saturated carbocycles. The third-order valence-corrected chi connectivity index (χ3v) is 2.41. The second-order valence-corrected chi connectivity index (χ2v) is 5.08. The van der Waals surface area contributed by atoms with E-state index in [1.165, 1.54) is 4.68 Å². The van der Waals surface area contributed by atoms with Crippen molar-refractivity contribution in [2.24, 2.45) is 0 Å². The van der Waals surface area contributed by atoms with E-state index in [9.17, 15) is 4.79 Å². The number of amides is 1. The summed E-state index contributed by atoms with van der Waals surface area (Å²) in [5.41, 5.74) is 0.700. The summed E-state index contributed by atoms with van der Waals surface area (Å²) < 4.78 is 6.61. The molecule has 2 aromatic heterocycles. The molecule has 1 amide bonds. The molecule has 2 heterocycles. The van der Waals surface area contributed by atoms with E-state index >= 15 is 0 Å². The summed E-state index contributed by atoms with van der Waals surface area (Å²) in [7, 11) is 0. The minimum Gasteiger partial charge on any atom is -0.338 e. The Bertz CT molecular complexity index is 523. The number of nitrogens with one attached hydrogen (secondary N) is 1. The first-order chi connectivity index (χ1) is 8.45. The summed E-state index contributed by atoms with van der Waals surface area (Å²) in [5, 5.41) is 10.5. The van der Waals surface area contributed by atoms with Crippen LogP contribution in [0, 0.1) is 0 Å². The molecule has 6 heteroatoms. The Hall–Kier alpha value is -2.11. The predicted octanol–water partition coefficient (Wildman–Crippen LogP) is 1.81. The summed E-state index contributed by atoms with van der Waals surface area (Å²) >= 11 is 0. The monoisotopic (exact) mass is 248 g/mol. The summed E-state index contributed by atoms with van der Waals surface area (Å²) in [6, 6.07) is 3.50. The van der Waals surface area contributed by atoms with Gasteiger partial charge in [0.25, 0.3) is 0 Å². The molecule has 0 radical (unpaired) electrons. The molecule has 96 valence electrons. The molecule has 0 unspecified atom stereocenters. The number of nitrogens with zero attached hydrogens (tertiary/aromatic N) is 3. The van der Waals surface area contributed by atoms with E-state index in [2.05, 4.69) is 15.6 Å². The molecule has 18 heavy (non-hydrogen) atoms. The van der Waals surface area contributed by atoms with Crippen LogP contribution in [0.3, 0.4) is 0 Å². The topological polar surface area (TPSA) is 73.0 Å². The van der Waals surface area contributed by atoms with Crippen LogP contribution in [0.1, 0.15) is 26.5 Å². The van der Waals surface area contributed by atoms with E-state index in [1.54, 1.807) is 24.5 Å². The van der Waals surface area contributed by atoms with Gasteiger partial charge in [-0.3, -0.25) is 14.8 Å². The molecule has 0 atom stereocenters. The molecule has 0 aromatic carbocycles. The molecule has 6 nitrogen and oxygen atoms in total. The first-order valence-corrected chi connectivity index (χ1v) is 5.69. The minimum absolute atomic E-state index is 0.103. The van der Waals surface area contributed by atoms with Gasteiger partial charge in [0, 0.05) is 23.9 Å². The smallest absolute Gasteiger partial charge is 0.248 e. The zero-order chi connectivity index (χ0) is 13.2. The number of aromatic nitrogens is 3. The fourth-order valence-electron chi connectivity index (χ4n) is 1.41. The lowest BCUT2D eigenvalue weighted by molar-refractivity contribution is -0.117. The van der Waals surface area contributed by atoms with Crippen LogP contribution < -0.4 is 5.32 Å². The molecule has 1 N–H and O–H groups in total. The molecule has 0 aliphatic heterocycles. The van der Waals surface area contributed by atoms with Gasteiger partial charge in [-0.25, -0.2) is 0 Å². The van der Waals surface area contributed by atoms with Crippen LogP contribution in [0.5, 0.6) is 0 Å². The van der Waals surface area contributed by atoms with Crippen molar-refractivity contribution in [3.8, 4) is 0 Å². The second kappa shape index (κ2) is 4.64. The first kappa shape index (κ1) is 12.3. The summed E-state index contributed by atoms with van der Waals surface area (Å²) in [6.45, 7) is 6.24. The van der Waals surface area contributed by atoms with Crippen LogP contribution in [0.4, 0.5) is 5.88 Å². The van der Waals surface area contributed by atoms with Gasteiger partial charge in [0.1, 0.15) is 6.54 Å². The van der Waals surface area contributed by atoms with Crippen LogP contribution in [0.2, 0.25) is 0 Å². The van der Waals surface area contributed by atoms with Gasteiger partial charge in [-0.2, -0.15) is 5.10 Å². The van der Waals surface area contributed by atoms with Crippen molar-refractivity contribution in [2.45, 2.75) is 32.7 Å². The summed E-state index contributed by atoms with van der Waals surface area (Å²) in [6.07, 6.45) is 3.35. The highest BCUT2D eigenvalue weighted by Crippen LogP contribution is 2.23. The molecule has 2 aromatic rings. The maximum absolute atomic E-state index is 11.7. The average Bonchev–Trinajstić information content (AvgIpc) is 2.87. The van der Waals surface area contributed by atoms with Gasteiger partial charge < -0.3 is 4.52 Å². The summed E-state index contributed by atoms with van der Waals surface area (Å²) in [4.78, 5) is 11.7. The fraction of sp³-hybridized carbons (Fsp3) is 0.417. The lowest BCUT2D eigenvalue weighted by Gasteiger charge is -2.12. The van der Waals surface area contributed by atoms with Crippen LogP contribution in [-0.4, -0.2) is 20.8 Å². The highest BCUT2D eigenvalue weighted by atomic mass is 16.5. The maximum atomic E-state index is 11.7. The van der Waals surface area contributed by atoms with Crippen molar-refractivity contribution >= 4 is 11.8 Å². The van der Waals surface area contributed by atoms with Gasteiger partial charge in [0.15, 0.2) is 0 Å². The highest BCUT2D eigenvalue weighted by Gasteiger charge is 2.19. The Labute approximate surface area is 105 Å². The normalized spacial score (nSPS) is 11.5. The number of anilines is 1. The van der Waals surface area contributed by atoms with Crippen LogP contribution in [0.25, 0.3) is 0 Å². The summed E-state index contributed by atoms with van der Waals surface area (Å²) in [5.74, 6) is 0.160. The van der Waals surface area contributed by atoms with E-state index in [0.29, 0.717) is 5.88 Å². The van der Waals surface area contributed by atoms with Crippen molar-refractivity contribution in [1.29, 1.82) is 0 Å². The molecular formula is C12H16N4O2. The number of rotatable bonds is 3. The third kappa shape index (κ3) is 2.97. The van der Waals surface area contributed by atoms with Gasteiger partial charge in [-0.15, -0.1) is 0 Å². The molecule has 0 aliphatic rings. The number of carbonyl (C=O) groups is 1. The van der Waals surface area contributed by atoms with Crippen molar-refractivity contribution in [3.05, 3.63) is 30.2 Å². The minimum atomic E-state index is -0.199. The van der Waals surface area contributed by atoms with Gasteiger partial charge >= 0.3 is 0 Å². The van der Waals surface area contributed by atoms with Crippen molar-refractivity contribution < 1.29 is 9.32 Å². The number of hydrogen-bond donors (Lipinski definition) is 1. The van der Waals surface area contributed by atoms with Gasteiger partial charge in [-0.05, 0) is 6.07 Å². The van der Waals surface area contributed by atoms with Crippen molar-refractivity contribution in [1.82, 2.24) is 14.9 Å². The Morgan fingerprint density at radius 3 is 2.83 bits per heavy atom. The molecule has 0 bridgehead atoms. The van der Waals surface area contributed by atoms with E-state index in [0.717, 1.165) is 5.69 Å². The Balaban J connectivity index is 1.97. The molecular weight excluding hydrogens is 232 g/mol. The number of hydrogen-bond acceptors (Lipinski definition) is 4. The SMILES string of the molecule is CC(C)(C)c1cc(NC(=O)Cn2cccn2)on1. The quantitative estimate of drug-likeness (QED) is 0.899. The second-order valence-electron chi connectivity index (χ2n) is 5.08. The maximum Gasteiger partial charge on any atom is 0.248 e. The van der Waals surface area contributed by atoms with E-state index in [4.69, 9.17) is 4.52 Å². The fourth-order valence-corrected chi connectivity index (χ4v) is 1.41. The molecule has 0 spiro atoms. The lowest BCUT2D eigenvalue weighted by Crippen LogP contribution is -2.18. The van der Waals surface area contributed by atoms with Gasteiger partial charge in [-0.1, -0.05) is 25.9 Å². The van der Waals surface area contributed by atoms with E-state index < -0.39 is 0 Å². The lowest BCUT2D eigenvalue weighted by atomic mass is 9.92. The largest absolute Gasteiger partial charge is 0.338 e. The zero-order valence-electron chi connectivity index (χ0n) is 10.7.